The van der Waals surface area contributed by atoms with Crippen molar-refractivity contribution in [2.24, 2.45) is 0 Å². The standard InChI is InChI=1S/C29H45N3O12/c1-17(34)31-25-27(39)26(38)21(16-33)44-29(25)41-15-14-30-22(35)11-12-23(36)32-20(28(40)43-19-8-4-5-9-19)10-13-24(37)42-18-6-2-3-7-18/h11-12,18-21,25-27,29,33,38-39H,2-10,13-16H2,1H3,(H,30,35)(H,31,34)(H,32,36)/b12-11+/t20-,21+,25+,26-,27+,29+/m0/s1. The Bertz CT molecular complexity index is 1010. The van der Waals surface area contributed by atoms with Gasteiger partial charge in [-0.2, -0.15) is 0 Å². The summed E-state index contributed by atoms with van der Waals surface area (Å²) in [6.45, 7) is 0.417. The topological polar surface area (TPSA) is 219 Å². The molecule has 3 fully saturated rings. The van der Waals surface area contributed by atoms with Gasteiger partial charge in [-0.1, -0.05) is 0 Å². The van der Waals surface area contributed by atoms with Gasteiger partial charge in [0.05, 0.1) is 13.2 Å². The number of nitrogens with one attached hydrogen (secondary N) is 3. The summed E-state index contributed by atoms with van der Waals surface area (Å²) in [7, 11) is 0. The molecule has 1 heterocycles. The Kier molecular flexibility index (Phi) is 14.5. The predicted octanol–water partition coefficient (Wildman–Crippen LogP) is -1.14. The van der Waals surface area contributed by atoms with Crippen LogP contribution in [0.5, 0.6) is 0 Å². The van der Waals surface area contributed by atoms with Crippen LogP contribution in [0, 0.1) is 0 Å². The minimum absolute atomic E-state index is 0.00813. The van der Waals surface area contributed by atoms with E-state index in [4.69, 9.17) is 18.9 Å². The SMILES string of the molecule is CC(=O)N[C@H]1[C@H](OCCNC(=O)/C=C/C(=O)N[C@@H](CCC(=O)OC2CCCC2)C(=O)OC2CCCC2)O[C@H](CO)[C@H](O)[C@@H]1O. The van der Waals surface area contributed by atoms with E-state index in [1.165, 1.54) is 6.92 Å². The van der Waals surface area contributed by atoms with Crippen molar-refractivity contribution in [3.05, 3.63) is 12.2 Å². The summed E-state index contributed by atoms with van der Waals surface area (Å²) in [5, 5.41) is 37.2. The van der Waals surface area contributed by atoms with Gasteiger partial charge in [0.1, 0.15) is 42.6 Å². The van der Waals surface area contributed by atoms with Gasteiger partial charge in [-0.3, -0.25) is 19.2 Å². The molecule has 0 radical (unpaired) electrons. The van der Waals surface area contributed by atoms with Crippen molar-refractivity contribution in [1.29, 1.82) is 0 Å². The molecule has 15 heteroatoms. The van der Waals surface area contributed by atoms with Gasteiger partial charge in [-0.05, 0) is 57.8 Å². The molecule has 15 nitrogen and oxygen atoms in total. The summed E-state index contributed by atoms with van der Waals surface area (Å²) in [5.74, 6) is -2.97. The largest absolute Gasteiger partial charge is 0.462 e. The van der Waals surface area contributed by atoms with E-state index in [-0.39, 0.29) is 38.2 Å². The van der Waals surface area contributed by atoms with Crippen molar-refractivity contribution in [3.63, 3.8) is 0 Å². The zero-order chi connectivity index (χ0) is 32.1. The normalized spacial score (nSPS) is 26.7. The lowest BCUT2D eigenvalue weighted by Gasteiger charge is -2.42. The van der Waals surface area contributed by atoms with Crippen molar-refractivity contribution < 1.29 is 58.2 Å². The Morgan fingerprint density at radius 1 is 0.909 bits per heavy atom. The number of hydrogen-bond acceptors (Lipinski definition) is 12. The first-order valence-corrected chi connectivity index (χ1v) is 15.2. The summed E-state index contributed by atoms with van der Waals surface area (Å²) in [6.07, 6.45) is 3.22. The number of esters is 2. The van der Waals surface area contributed by atoms with Gasteiger partial charge in [0.25, 0.3) is 0 Å². The highest BCUT2D eigenvalue weighted by atomic mass is 16.7. The van der Waals surface area contributed by atoms with Gasteiger partial charge in [0, 0.05) is 32.0 Å². The molecular formula is C29H45N3O12. The second-order valence-corrected chi connectivity index (χ2v) is 11.3. The number of aliphatic hydroxyl groups excluding tert-OH is 3. The highest BCUT2D eigenvalue weighted by molar-refractivity contribution is 5.98. The summed E-state index contributed by atoms with van der Waals surface area (Å²) in [4.78, 5) is 61.4. The molecule has 1 saturated heterocycles. The van der Waals surface area contributed by atoms with Crippen molar-refractivity contribution in [1.82, 2.24) is 16.0 Å². The molecule has 2 saturated carbocycles. The molecule has 3 aliphatic rings. The lowest BCUT2D eigenvalue weighted by molar-refractivity contribution is -0.269. The molecule has 2 aliphatic carbocycles. The fraction of sp³-hybridized carbons (Fsp3) is 0.759. The van der Waals surface area contributed by atoms with E-state index in [1.807, 2.05) is 0 Å². The molecule has 6 N–H and O–H groups in total. The van der Waals surface area contributed by atoms with Gasteiger partial charge in [0.15, 0.2) is 6.29 Å². The van der Waals surface area contributed by atoms with Gasteiger partial charge in [-0.25, -0.2) is 4.79 Å². The van der Waals surface area contributed by atoms with E-state index in [1.54, 1.807) is 0 Å². The van der Waals surface area contributed by atoms with E-state index < -0.39 is 73.0 Å². The molecule has 0 unspecified atom stereocenters. The first kappa shape index (κ1) is 35.4. The molecule has 3 amide bonds. The monoisotopic (exact) mass is 627 g/mol. The quantitative estimate of drug-likeness (QED) is 0.0721. The van der Waals surface area contributed by atoms with E-state index in [0.29, 0.717) is 0 Å². The zero-order valence-electron chi connectivity index (χ0n) is 25.0. The third-order valence-electron chi connectivity index (χ3n) is 7.74. The van der Waals surface area contributed by atoms with Gasteiger partial charge < -0.3 is 50.2 Å². The molecule has 0 aromatic rings. The predicted molar refractivity (Wildman–Crippen MR) is 151 cm³/mol. The lowest BCUT2D eigenvalue weighted by atomic mass is 9.97. The van der Waals surface area contributed by atoms with Gasteiger partial charge >= 0.3 is 11.9 Å². The maximum absolute atomic E-state index is 12.8. The highest BCUT2D eigenvalue weighted by Crippen LogP contribution is 2.24. The first-order chi connectivity index (χ1) is 21.1. The second-order valence-electron chi connectivity index (χ2n) is 11.3. The fourth-order valence-electron chi connectivity index (χ4n) is 5.41. The van der Waals surface area contributed by atoms with Crippen LogP contribution in [0.25, 0.3) is 0 Å². The molecule has 3 rings (SSSR count). The zero-order valence-corrected chi connectivity index (χ0v) is 25.0. The molecule has 0 aromatic heterocycles. The summed E-state index contributed by atoms with van der Waals surface area (Å²) < 4.78 is 21.9. The fourth-order valence-corrected chi connectivity index (χ4v) is 5.41. The van der Waals surface area contributed by atoms with Crippen molar-refractivity contribution in [2.45, 2.75) is 120 Å². The highest BCUT2D eigenvalue weighted by Gasteiger charge is 2.45. The number of aliphatic hydroxyl groups is 3. The van der Waals surface area contributed by atoms with Crippen LogP contribution in [0.3, 0.4) is 0 Å². The van der Waals surface area contributed by atoms with Crippen molar-refractivity contribution in [3.8, 4) is 0 Å². The minimum Gasteiger partial charge on any atom is -0.462 e. The Morgan fingerprint density at radius 3 is 2.14 bits per heavy atom. The number of carbonyl (C=O) groups is 5. The van der Waals surface area contributed by atoms with Crippen LogP contribution in [-0.2, 0) is 42.9 Å². The minimum atomic E-state index is -1.47. The second kappa shape index (κ2) is 18.0. The van der Waals surface area contributed by atoms with Crippen LogP contribution in [0.4, 0.5) is 0 Å². The van der Waals surface area contributed by atoms with Crippen LogP contribution in [-0.4, -0.2) is 114 Å². The van der Waals surface area contributed by atoms with Crippen LogP contribution < -0.4 is 16.0 Å². The molecule has 1 aliphatic heterocycles. The molecular weight excluding hydrogens is 582 g/mol. The number of hydrogen-bond donors (Lipinski definition) is 6. The van der Waals surface area contributed by atoms with Crippen LogP contribution in [0.1, 0.15) is 71.1 Å². The van der Waals surface area contributed by atoms with Crippen molar-refractivity contribution in [2.75, 3.05) is 19.8 Å². The number of ether oxygens (including phenoxy) is 4. The average molecular weight is 628 g/mol. The van der Waals surface area contributed by atoms with Crippen LogP contribution in [0.2, 0.25) is 0 Å². The molecule has 0 bridgehead atoms. The molecule has 0 spiro atoms. The van der Waals surface area contributed by atoms with Crippen LogP contribution in [0.15, 0.2) is 12.2 Å². The lowest BCUT2D eigenvalue weighted by Crippen LogP contribution is -2.64. The Balaban J connectivity index is 1.45. The number of rotatable bonds is 15. The molecule has 0 aromatic carbocycles. The van der Waals surface area contributed by atoms with E-state index >= 15 is 0 Å². The Hall–Kier alpha value is -3.11. The Morgan fingerprint density at radius 2 is 1.52 bits per heavy atom. The maximum Gasteiger partial charge on any atom is 0.328 e. The third-order valence-corrected chi connectivity index (χ3v) is 7.74. The Labute approximate surface area is 256 Å². The number of carbonyl (C=O) groups excluding carboxylic acids is 5. The molecule has 6 atom stereocenters. The first-order valence-electron chi connectivity index (χ1n) is 15.2. The van der Waals surface area contributed by atoms with Gasteiger partial charge in [0.2, 0.25) is 17.7 Å². The summed E-state index contributed by atoms with van der Waals surface area (Å²) >= 11 is 0. The summed E-state index contributed by atoms with van der Waals surface area (Å²) in [6, 6.07) is -2.22. The van der Waals surface area contributed by atoms with E-state index in [2.05, 4.69) is 16.0 Å². The van der Waals surface area contributed by atoms with Crippen LogP contribution >= 0.6 is 0 Å². The number of amides is 3. The molecule has 44 heavy (non-hydrogen) atoms. The van der Waals surface area contributed by atoms with E-state index in [9.17, 15) is 39.3 Å². The smallest absolute Gasteiger partial charge is 0.328 e. The van der Waals surface area contributed by atoms with Crippen molar-refractivity contribution >= 4 is 29.7 Å². The van der Waals surface area contributed by atoms with Gasteiger partial charge in [-0.15, -0.1) is 0 Å². The third kappa shape index (κ3) is 11.4. The summed E-state index contributed by atoms with van der Waals surface area (Å²) in [5.41, 5.74) is 0. The molecule has 248 valence electrons. The van der Waals surface area contributed by atoms with E-state index in [0.717, 1.165) is 63.5 Å². The maximum atomic E-state index is 12.8. The average Bonchev–Trinajstić information content (AvgIpc) is 3.70.